The molecule has 0 radical (unpaired) electrons. The van der Waals surface area contributed by atoms with E-state index in [4.69, 9.17) is 4.74 Å². The molecule has 3 rings (SSSR count). The molecule has 1 amide bonds. The summed E-state index contributed by atoms with van der Waals surface area (Å²) in [6.07, 6.45) is 2.21. The average Bonchev–Trinajstić information content (AvgIpc) is 3.09. The molecule has 0 saturated carbocycles. The molecule has 1 heterocycles. The van der Waals surface area contributed by atoms with Gasteiger partial charge in [0, 0.05) is 18.4 Å². The van der Waals surface area contributed by atoms with Gasteiger partial charge in [0.1, 0.15) is 0 Å². The van der Waals surface area contributed by atoms with Crippen LogP contribution in [0.4, 0.5) is 0 Å². The quantitative estimate of drug-likeness (QED) is 0.621. The van der Waals surface area contributed by atoms with Crippen LogP contribution < -0.4 is 0 Å². The van der Waals surface area contributed by atoms with E-state index in [2.05, 4.69) is 0 Å². The van der Waals surface area contributed by atoms with Crippen LogP contribution in [0, 0.1) is 0 Å². The van der Waals surface area contributed by atoms with Crippen LogP contribution in [-0.4, -0.2) is 43.6 Å². The zero-order valence-corrected chi connectivity index (χ0v) is 16.8. The van der Waals surface area contributed by atoms with E-state index in [1.165, 1.54) is 11.0 Å². The van der Waals surface area contributed by atoms with Crippen molar-refractivity contribution in [3.63, 3.8) is 0 Å². The van der Waals surface area contributed by atoms with E-state index in [0.29, 0.717) is 6.42 Å². The molecule has 1 atom stereocenters. The van der Waals surface area contributed by atoms with Crippen molar-refractivity contribution in [2.24, 2.45) is 0 Å². The highest BCUT2D eigenvalue weighted by Crippen LogP contribution is 2.18. The molecule has 0 N–H and O–H groups in total. The fourth-order valence-corrected chi connectivity index (χ4v) is 4.41. The van der Waals surface area contributed by atoms with Crippen LogP contribution in [0.15, 0.2) is 72.1 Å². The number of ether oxygens (including phenoxy) is 1. The van der Waals surface area contributed by atoms with Crippen LogP contribution in [0.3, 0.4) is 0 Å². The first-order valence-electron chi connectivity index (χ1n) is 9.37. The zero-order valence-electron chi connectivity index (χ0n) is 15.9. The molecule has 2 aromatic carbocycles. The maximum Gasteiger partial charge on any atom is 0.306 e. The lowest BCUT2D eigenvalue weighted by atomic mass is 10.1. The van der Waals surface area contributed by atoms with Gasteiger partial charge < -0.3 is 9.64 Å². The molecule has 29 heavy (non-hydrogen) atoms. The molecule has 152 valence electrons. The molecule has 1 aliphatic rings. The SMILES string of the molecule is O=C(CCc1ccccc1)OCC(=O)N(Cc1ccccc1)[C@@H]1C=CS(=O)(=O)C1. The predicted octanol–water partition coefficient (Wildman–Crippen LogP) is 2.50. The smallest absolute Gasteiger partial charge is 0.306 e. The molecule has 0 spiro atoms. The Balaban J connectivity index is 1.59. The van der Waals surface area contributed by atoms with Crippen molar-refractivity contribution in [2.45, 2.75) is 25.4 Å². The Morgan fingerprint density at radius 1 is 0.966 bits per heavy atom. The first kappa shape index (κ1) is 20.8. The number of amides is 1. The van der Waals surface area contributed by atoms with Gasteiger partial charge in [0.2, 0.25) is 0 Å². The lowest BCUT2D eigenvalue weighted by Crippen LogP contribution is -2.42. The maximum atomic E-state index is 12.7. The highest BCUT2D eigenvalue weighted by molar-refractivity contribution is 7.94. The van der Waals surface area contributed by atoms with E-state index in [-0.39, 0.29) is 18.7 Å². The highest BCUT2D eigenvalue weighted by Gasteiger charge is 2.30. The van der Waals surface area contributed by atoms with Gasteiger partial charge in [-0.15, -0.1) is 0 Å². The van der Waals surface area contributed by atoms with E-state index in [1.807, 2.05) is 60.7 Å². The molecule has 0 fully saturated rings. The average molecular weight is 413 g/mol. The fourth-order valence-electron chi connectivity index (χ4n) is 3.11. The number of carbonyl (C=O) groups is 2. The highest BCUT2D eigenvalue weighted by atomic mass is 32.2. The number of hydrogen-bond acceptors (Lipinski definition) is 5. The van der Waals surface area contributed by atoms with Crippen LogP contribution in [0.5, 0.6) is 0 Å². The summed E-state index contributed by atoms with van der Waals surface area (Å²) in [7, 11) is -3.32. The van der Waals surface area contributed by atoms with Gasteiger partial charge in [-0.3, -0.25) is 9.59 Å². The Bertz CT molecular complexity index is 971. The van der Waals surface area contributed by atoms with Crippen molar-refractivity contribution in [1.82, 2.24) is 4.90 Å². The monoisotopic (exact) mass is 413 g/mol. The number of esters is 1. The van der Waals surface area contributed by atoms with Crippen LogP contribution >= 0.6 is 0 Å². The molecule has 0 aliphatic carbocycles. The standard InChI is InChI=1S/C22H23NO5S/c24-21(16-28-22(25)12-11-18-7-3-1-4-8-18)23(15-19-9-5-2-6-10-19)20-13-14-29(26,27)17-20/h1-10,13-14,20H,11-12,15-17H2/t20-/m1/s1. The number of aryl methyl sites for hydroxylation is 1. The minimum Gasteiger partial charge on any atom is -0.456 e. The predicted molar refractivity (Wildman–Crippen MR) is 109 cm³/mol. The molecular formula is C22H23NO5S. The molecule has 1 aliphatic heterocycles. The lowest BCUT2D eigenvalue weighted by molar-refractivity contribution is -0.152. The molecule has 0 unspecified atom stereocenters. The van der Waals surface area contributed by atoms with Crippen molar-refractivity contribution >= 4 is 21.7 Å². The Labute approximate surface area is 170 Å². The molecule has 0 bridgehead atoms. The normalized spacial score (nSPS) is 17.0. The summed E-state index contributed by atoms with van der Waals surface area (Å²) >= 11 is 0. The summed E-state index contributed by atoms with van der Waals surface area (Å²) < 4.78 is 28.7. The lowest BCUT2D eigenvalue weighted by Gasteiger charge is -2.27. The van der Waals surface area contributed by atoms with Gasteiger partial charge in [-0.2, -0.15) is 0 Å². The van der Waals surface area contributed by atoms with Crippen molar-refractivity contribution < 1.29 is 22.7 Å². The van der Waals surface area contributed by atoms with Crippen LogP contribution in [0.2, 0.25) is 0 Å². The van der Waals surface area contributed by atoms with E-state index in [1.54, 1.807) is 0 Å². The van der Waals surface area contributed by atoms with Gasteiger partial charge in [0.15, 0.2) is 16.4 Å². The minimum atomic E-state index is -3.32. The number of sulfone groups is 1. The summed E-state index contributed by atoms with van der Waals surface area (Å²) in [5.41, 5.74) is 1.89. The molecule has 0 saturated heterocycles. The van der Waals surface area contributed by atoms with Gasteiger partial charge in [-0.05, 0) is 23.6 Å². The number of nitrogens with zero attached hydrogens (tertiary/aromatic N) is 1. The molecular weight excluding hydrogens is 390 g/mol. The zero-order chi connectivity index (χ0) is 20.7. The van der Waals surface area contributed by atoms with E-state index in [0.717, 1.165) is 16.5 Å². The van der Waals surface area contributed by atoms with Gasteiger partial charge in [-0.25, -0.2) is 8.42 Å². The Morgan fingerprint density at radius 3 is 2.17 bits per heavy atom. The van der Waals surface area contributed by atoms with Crippen LogP contribution in [0.1, 0.15) is 17.5 Å². The first-order chi connectivity index (χ1) is 13.9. The van der Waals surface area contributed by atoms with E-state index >= 15 is 0 Å². The summed E-state index contributed by atoms with van der Waals surface area (Å²) in [6, 6.07) is 18.3. The summed E-state index contributed by atoms with van der Waals surface area (Å²) in [6.45, 7) is -0.170. The second-order valence-electron chi connectivity index (χ2n) is 6.88. The third-order valence-electron chi connectivity index (χ3n) is 4.64. The largest absolute Gasteiger partial charge is 0.456 e. The third kappa shape index (κ3) is 6.29. The summed E-state index contributed by atoms with van der Waals surface area (Å²) in [5.74, 6) is -1.04. The van der Waals surface area contributed by atoms with Gasteiger partial charge >= 0.3 is 5.97 Å². The molecule has 2 aromatic rings. The van der Waals surface area contributed by atoms with E-state index in [9.17, 15) is 18.0 Å². The third-order valence-corrected chi connectivity index (χ3v) is 6.02. The molecule has 6 nitrogen and oxygen atoms in total. The van der Waals surface area contributed by atoms with Gasteiger partial charge in [0.25, 0.3) is 5.91 Å². The second kappa shape index (κ2) is 9.52. The Kier molecular flexibility index (Phi) is 6.82. The fraction of sp³-hybridized carbons (Fsp3) is 0.273. The van der Waals surface area contributed by atoms with Crippen LogP contribution in [-0.2, 0) is 37.1 Å². The minimum absolute atomic E-state index is 0.159. The number of hydrogen-bond donors (Lipinski definition) is 0. The van der Waals surface area contributed by atoms with E-state index < -0.39 is 34.4 Å². The van der Waals surface area contributed by atoms with Crippen molar-refractivity contribution in [2.75, 3.05) is 12.4 Å². The number of benzene rings is 2. The maximum absolute atomic E-state index is 12.7. The van der Waals surface area contributed by atoms with Gasteiger partial charge in [0.05, 0.1) is 11.8 Å². The second-order valence-corrected chi connectivity index (χ2v) is 8.81. The van der Waals surface area contributed by atoms with Crippen molar-refractivity contribution in [1.29, 1.82) is 0 Å². The molecule has 0 aromatic heterocycles. The summed E-state index contributed by atoms with van der Waals surface area (Å²) in [4.78, 5) is 26.2. The van der Waals surface area contributed by atoms with Gasteiger partial charge in [-0.1, -0.05) is 60.7 Å². The first-order valence-corrected chi connectivity index (χ1v) is 11.1. The van der Waals surface area contributed by atoms with Crippen LogP contribution in [0.25, 0.3) is 0 Å². The summed E-state index contributed by atoms with van der Waals surface area (Å²) in [5, 5.41) is 1.13. The van der Waals surface area contributed by atoms with Crippen molar-refractivity contribution in [3.8, 4) is 0 Å². The number of carbonyl (C=O) groups excluding carboxylic acids is 2. The molecule has 7 heteroatoms. The Hall–Kier alpha value is -2.93. The number of rotatable bonds is 8. The topological polar surface area (TPSA) is 80.8 Å². The van der Waals surface area contributed by atoms with Crippen molar-refractivity contribution in [3.05, 3.63) is 83.3 Å². The Morgan fingerprint density at radius 2 is 1.59 bits per heavy atom.